The highest BCUT2D eigenvalue weighted by atomic mass is 32.2. The van der Waals surface area contributed by atoms with Crippen molar-refractivity contribution in [1.29, 1.82) is 0 Å². The molecule has 0 aliphatic carbocycles. The number of hydrogen-bond donors (Lipinski definition) is 0. The van der Waals surface area contributed by atoms with Crippen molar-refractivity contribution in [2.24, 2.45) is 0 Å². The summed E-state index contributed by atoms with van der Waals surface area (Å²) in [6.07, 6.45) is 0.689. The second-order valence-corrected chi connectivity index (χ2v) is 10.6. The summed E-state index contributed by atoms with van der Waals surface area (Å²) in [6, 6.07) is 8.90. The van der Waals surface area contributed by atoms with Crippen molar-refractivity contribution < 1.29 is 31.5 Å². The third-order valence-corrected chi connectivity index (χ3v) is 6.68. The van der Waals surface area contributed by atoms with Crippen LogP contribution in [0, 0.1) is 5.82 Å². The van der Waals surface area contributed by atoms with E-state index in [-0.39, 0.29) is 24.5 Å². The minimum absolute atomic E-state index is 0.116. The molecular formula is C24H26FNO6S. The van der Waals surface area contributed by atoms with Gasteiger partial charge in [0.15, 0.2) is 0 Å². The molecular weight excluding hydrogens is 449 g/mol. The summed E-state index contributed by atoms with van der Waals surface area (Å²) in [6.45, 7) is 7.47. The fourth-order valence-corrected chi connectivity index (χ4v) is 5.27. The van der Waals surface area contributed by atoms with Crippen LogP contribution in [0.3, 0.4) is 0 Å². The normalized spacial score (nSPS) is 18.1. The third kappa shape index (κ3) is 4.35. The van der Waals surface area contributed by atoms with E-state index >= 15 is 0 Å². The van der Waals surface area contributed by atoms with Crippen LogP contribution in [0.15, 0.2) is 40.8 Å². The van der Waals surface area contributed by atoms with E-state index in [0.29, 0.717) is 27.8 Å². The molecule has 1 atom stereocenters. The number of carbonyl (C=O) groups is 1. The summed E-state index contributed by atoms with van der Waals surface area (Å²) < 4.78 is 57.6. The lowest BCUT2D eigenvalue weighted by Crippen LogP contribution is -2.42. The fourth-order valence-electron chi connectivity index (χ4n) is 4.21. The first kappa shape index (κ1) is 23.3. The number of sulfonamides is 1. The van der Waals surface area contributed by atoms with Crippen LogP contribution < -0.4 is 4.31 Å². The monoisotopic (exact) mass is 475 g/mol. The molecule has 33 heavy (non-hydrogen) atoms. The molecule has 0 bridgehead atoms. The molecule has 0 saturated carbocycles. The van der Waals surface area contributed by atoms with Crippen molar-refractivity contribution in [3.8, 4) is 11.3 Å². The van der Waals surface area contributed by atoms with Crippen molar-refractivity contribution in [3.05, 3.63) is 53.3 Å². The molecule has 1 aromatic heterocycles. The molecule has 176 valence electrons. The summed E-state index contributed by atoms with van der Waals surface area (Å²) in [4.78, 5) is 12.9. The SMILES string of the molecule is CCOC(=O)c1c(-c2ccc(F)cc2)oc2cc3c(cc12)C(C)OC(C)(C)CN3S(C)(=O)=O. The number of carbonyl (C=O) groups excluding carboxylic acids is 1. The number of ether oxygens (including phenoxy) is 2. The number of esters is 1. The summed E-state index contributed by atoms with van der Waals surface area (Å²) in [5.41, 5.74) is 1.30. The van der Waals surface area contributed by atoms with Gasteiger partial charge in [-0.1, -0.05) is 0 Å². The predicted molar refractivity (Wildman–Crippen MR) is 123 cm³/mol. The van der Waals surface area contributed by atoms with Crippen molar-refractivity contribution >= 4 is 32.6 Å². The van der Waals surface area contributed by atoms with Crippen LogP contribution in [0.25, 0.3) is 22.3 Å². The van der Waals surface area contributed by atoms with Crippen LogP contribution in [0.2, 0.25) is 0 Å². The third-order valence-electron chi connectivity index (χ3n) is 5.55. The Balaban J connectivity index is 2.02. The van der Waals surface area contributed by atoms with Gasteiger partial charge in [0.25, 0.3) is 0 Å². The number of furan rings is 1. The van der Waals surface area contributed by atoms with Gasteiger partial charge in [0.05, 0.1) is 36.8 Å². The Morgan fingerprint density at radius 1 is 1.24 bits per heavy atom. The minimum Gasteiger partial charge on any atom is -0.462 e. The number of halogens is 1. The van der Waals surface area contributed by atoms with Gasteiger partial charge < -0.3 is 13.9 Å². The Kier molecular flexibility index (Phi) is 5.74. The molecule has 0 radical (unpaired) electrons. The van der Waals surface area contributed by atoms with E-state index in [1.807, 2.05) is 20.8 Å². The maximum atomic E-state index is 13.5. The summed E-state index contributed by atoms with van der Waals surface area (Å²) in [5.74, 6) is -0.780. The van der Waals surface area contributed by atoms with Crippen molar-refractivity contribution in [3.63, 3.8) is 0 Å². The van der Waals surface area contributed by atoms with E-state index in [2.05, 4.69) is 0 Å². The van der Waals surface area contributed by atoms with E-state index in [4.69, 9.17) is 13.9 Å². The van der Waals surface area contributed by atoms with E-state index in [1.165, 1.54) is 28.6 Å². The highest BCUT2D eigenvalue weighted by Gasteiger charge is 2.37. The molecule has 3 aromatic rings. The van der Waals surface area contributed by atoms with Crippen molar-refractivity contribution in [1.82, 2.24) is 0 Å². The number of nitrogens with zero attached hydrogens (tertiary/aromatic N) is 1. The van der Waals surface area contributed by atoms with Gasteiger partial charge in [-0.2, -0.15) is 0 Å². The Morgan fingerprint density at radius 2 is 1.91 bits per heavy atom. The molecule has 1 aliphatic heterocycles. The lowest BCUT2D eigenvalue weighted by molar-refractivity contribution is -0.0542. The van der Waals surface area contributed by atoms with E-state index in [0.717, 1.165) is 6.26 Å². The molecule has 4 rings (SSSR count). The van der Waals surface area contributed by atoms with Crippen LogP contribution in [0.4, 0.5) is 10.1 Å². The van der Waals surface area contributed by atoms with Crippen molar-refractivity contribution in [2.45, 2.75) is 39.4 Å². The summed E-state index contributed by atoms with van der Waals surface area (Å²) in [5, 5.41) is 0.468. The number of benzene rings is 2. The molecule has 7 nitrogen and oxygen atoms in total. The summed E-state index contributed by atoms with van der Waals surface area (Å²) >= 11 is 0. The standard InChI is InChI=1S/C24H26FNO6S/c1-6-30-23(27)21-18-11-17-14(2)32-24(3,4)13-26(33(5,28)29)19(17)12-20(18)31-22(21)15-7-9-16(25)10-8-15/h7-12,14H,6,13H2,1-5H3. The maximum absolute atomic E-state index is 13.5. The molecule has 0 fully saturated rings. The van der Waals surface area contributed by atoms with Gasteiger partial charge in [-0.3, -0.25) is 4.31 Å². The summed E-state index contributed by atoms with van der Waals surface area (Å²) in [7, 11) is -3.63. The molecule has 9 heteroatoms. The van der Waals surface area contributed by atoms with Crippen LogP contribution in [0.5, 0.6) is 0 Å². The molecule has 2 aromatic carbocycles. The molecule has 1 aliphatic rings. The average molecular weight is 476 g/mol. The minimum atomic E-state index is -3.63. The highest BCUT2D eigenvalue weighted by Crippen LogP contribution is 2.43. The molecule has 1 unspecified atom stereocenters. The zero-order valence-corrected chi connectivity index (χ0v) is 20.0. The Morgan fingerprint density at radius 3 is 2.52 bits per heavy atom. The van der Waals surface area contributed by atoms with Crippen LogP contribution >= 0.6 is 0 Å². The first-order chi connectivity index (χ1) is 15.4. The van der Waals surface area contributed by atoms with Gasteiger partial charge in [-0.15, -0.1) is 0 Å². The van der Waals surface area contributed by atoms with Crippen LogP contribution in [-0.4, -0.2) is 39.4 Å². The van der Waals surface area contributed by atoms with Crippen molar-refractivity contribution in [2.75, 3.05) is 23.7 Å². The largest absolute Gasteiger partial charge is 0.462 e. The smallest absolute Gasteiger partial charge is 0.342 e. The zero-order chi connectivity index (χ0) is 24.1. The quantitative estimate of drug-likeness (QED) is 0.491. The zero-order valence-electron chi connectivity index (χ0n) is 19.1. The lowest BCUT2D eigenvalue weighted by Gasteiger charge is -2.30. The first-order valence-electron chi connectivity index (χ1n) is 10.6. The second-order valence-electron chi connectivity index (χ2n) is 8.73. The lowest BCUT2D eigenvalue weighted by atomic mass is 10.0. The average Bonchev–Trinajstić information content (AvgIpc) is 3.04. The topological polar surface area (TPSA) is 86.1 Å². The van der Waals surface area contributed by atoms with E-state index in [1.54, 1.807) is 19.1 Å². The van der Waals surface area contributed by atoms with Crippen LogP contribution in [0.1, 0.15) is 49.7 Å². The van der Waals surface area contributed by atoms with E-state index in [9.17, 15) is 17.6 Å². The second kappa shape index (κ2) is 8.14. The predicted octanol–water partition coefficient (Wildman–Crippen LogP) is 5.05. The number of anilines is 1. The highest BCUT2D eigenvalue weighted by molar-refractivity contribution is 7.92. The van der Waals surface area contributed by atoms with Crippen LogP contribution in [-0.2, 0) is 19.5 Å². The first-order valence-corrected chi connectivity index (χ1v) is 12.4. The fraction of sp³-hybridized carbons (Fsp3) is 0.375. The number of rotatable bonds is 4. The van der Waals surface area contributed by atoms with Gasteiger partial charge in [0.2, 0.25) is 10.0 Å². The Hall–Kier alpha value is -2.91. The molecule has 0 N–H and O–H groups in total. The Bertz CT molecular complexity index is 1330. The molecule has 0 amide bonds. The van der Waals surface area contributed by atoms with Gasteiger partial charge >= 0.3 is 5.97 Å². The number of fused-ring (bicyclic) bond motifs is 2. The van der Waals surface area contributed by atoms with Gasteiger partial charge in [-0.25, -0.2) is 17.6 Å². The maximum Gasteiger partial charge on any atom is 0.342 e. The van der Waals surface area contributed by atoms with Gasteiger partial charge in [0.1, 0.15) is 22.7 Å². The Labute approximate surface area is 192 Å². The molecule has 0 saturated heterocycles. The van der Waals surface area contributed by atoms with Gasteiger partial charge in [-0.05, 0) is 58.0 Å². The van der Waals surface area contributed by atoms with Gasteiger partial charge in [0, 0.05) is 22.6 Å². The van der Waals surface area contributed by atoms with E-state index < -0.39 is 33.5 Å². The number of hydrogen-bond acceptors (Lipinski definition) is 6. The molecule has 2 heterocycles. The molecule has 0 spiro atoms.